The van der Waals surface area contributed by atoms with Crippen LogP contribution >= 0.6 is 0 Å². The van der Waals surface area contributed by atoms with Gasteiger partial charge in [0.05, 0.1) is 12.7 Å². The van der Waals surface area contributed by atoms with E-state index in [1.165, 1.54) is 0 Å². The average Bonchev–Trinajstić information content (AvgIpc) is 2.49. The number of nitriles is 1. The molecule has 1 heterocycles. The number of hydrogen-bond acceptors (Lipinski definition) is 4. The van der Waals surface area contributed by atoms with Crippen LogP contribution in [0.4, 0.5) is 0 Å². The molecule has 0 N–H and O–H groups in total. The first-order valence-corrected chi connectivity index (χ1v) is 8.08. The lowest BCUT2D eigenvalue weighted by atomic mass is 10.0. The summed E-state index contributed by atoms with van der Waals surface area (Å²) < 4.78 is 5.71. The van der Waals surface area contributed by atoms with Gasteiger partial charge in [-0.2, -0.15) is 5.26 Å². The lowest BCUT2D eigenvalue weighted by Crippen LogP contribution is -2.51. The molecule has 1 aromatic carbocycles. The smallest absolute Gasteiger partial charge is 0.124 e. The topological polar surface area (TPSA) is 39.5 Å². The summed E-state index contributed by atoms with van der Waals surface area (Å²) in [5.74, 6) is 1.39. The third kappa shape index (κ3) is 4.22. The zero-order chi connectivity index (χ0) is 16.1. The van der Waals surface area contributed by atoms with Gasteiger partial charge in [0.2, 0.25) is 0 Å². The Balaban J connectivity index is 2.06. The highest BCUT2D eigenvalue weighted by atomic mass is 16.5. The summed E-state index contributed by atoms with van der Waals surface area (Å²) >= 11 is 0. The van der Waals surface area contributed by atoms with E-state index in [0.29, 0.717) is 12.0 Å². The van der Waals surface area contributed by atoms with Crippen LogP contribution in [0.5, 0.6) is 5.75 Å². The fourth-order valence-corrected chi connectivity index (χ4v) is 2.89. The number of nitrogens with zero attached hydrogens (tertiary/aromatic N) is 3. The second kappa shape index (κ2) is 7.62. The normalized spacial score (nSPS) is 21.5. The molecule has 2 rings (SSSR count). The Hall–Kier alpha value is -1.57. The Labute approximate surface area is 134 Å². The highest BCUT2D eigenvalue weighted by Crippen LogP contribution is 2.26. The maximum absolute atomic E-state index is 9.62. The average molecular weight is 301 g/mol. The molecular formula is C18H27N3O. The van der Waals surface area contributed by atoms with E-state index in [9.17, 15) is 5.26 Å². The van der Waals surface area contributed by atoms with E-state index in [1.807, 2.05) is 24.3 Å². The molecule has 22 heavy (non-hydrogen) atoms. The van der Waals surface area contributed by atoms with Gasteiger partial charge in [-0.05, 0) is 37.6 Å². The molecule has 1 fully saturated rings. The number of piperazine rings is 1. The standard InChI is InChI=1S/C18H27N3O/c1-14(2)13-22-17-7-5-16(6-8-17)18(11-19)21-10-9-20(4)12-15(21)3/h5-8,14-15,18H,9-10,12-13H2,1-4H3. The maximum Gasteiger partial charge on any atom is 0.124 e. The van der Waals surface area contributed by atoms with Crippen LogP contribution in [0.3, 0.4) is 0 Å². The number of likely N-dealkylation sites (N-methyl/N-ethyl adjacent to an activating group) is 1. The monoisotopic (exact) mass is 301 g/mol. The Bertz CT molecular complexity index is 506. The summed E-state index contributed by atoms with van der Waals surface area (Å²) in [7, 11) is 2.13. The fourth-order valence-electron chi connectivity index (χ4n) is 2.89. The van der Waals surface area contributed by atoms with Crippen molar-refractivity contribution in [3.8, 4) is 11.8 Å². The predicted molar refractivity (Wildman–Crippen MR) is 88.8 cm³/mol. The van der Waals surface area contributed by atoms with Crippen molar-refractivity contribution in [2.24, 2.45) is 5.92 Å². The van der Waals surface area contributed by atoms with Crippen LogP contribution in [0.15, 0.2) is 24.3 Å². The van der Waals surface area contributed by atoms with Crippen molar-refractivity contribution in [3.63, 3.8) is 0 Å². The molecule has 4 nitrogen and oxygen atoms in total. The molecule has 120 valence electrons. The zero-order valence-electron chi connectivity index (χ0n) is 14.1. The highest BCUT2D eigenvalue weighted by molar-refractivity contribution is 5.32. The Morgan fingerprint density at radius 3 is 2.50 bits per heavy atom. The van der Waals surface area contributed by atoms with Crippen molar-refractivity contribution in [3.05, 3.63) is 29.8 Å². The molecule has 1 aromatic rings. The van der Waals surface area contributed by atoms with Gasteiger partial charge in [0.25, 0.3) is 0 Å². The molecule has 1 aliphatic heterocycles. The summed E-state index contributed by atoms with van der Waals surface area (Å²) in [5, 5.41) is 9.62. The molecule has 1 saturated heterocycles. The van der Waals surface area contributed by atoms with Gasteiger partial charge in [-0.3, -0.25) is 4.90 Å². The summed E-state index contributed by atoms with van der Waals surface area (Å²) in [6.07, 6.45) is 0. The van der Waals surface area contributed by atoms with E-state index in [-0.39, 0.29) is 6.04 Å². The molecule has 4 heteroatoms. The maximum atomic E-state index is 9.62. The zero-order valence-corrected chi connectivity index (χ0v) is 14.1. The first-order chi connectivity index (χ1) is 10.5. The van der Waals surface area contributed by atoms with Gasteiger partial charge in [-0.15, -0.1) is 0 Å². The van der Waals surface area contributed by atoms with E-state index >= 15 is 0 Å². The van der Waals surface area contributed by atoms with Crippen LogP contribution in [0, 0.1) is 17.2 Å². The van der Waals surface area contributed by atoms with E-state index in [1.54, 1.807) is 0 Å². The van der Waals surface area contributed by atoms with E-state index in [0.717, 1.165) is 37.6 Å². The van der Waals surface area contributed by atoms with Gasteiger partial charge >= 0.3 is 0 Å². The third-order valence-electron chi connectivity index (χ3n) is 4.12. The van der Waals surface area contributed by atoms with Gasteiger partial charge in [0.15, 0.2) is 0 Å². The third-order valence-corrected chi connectivity index (χ3v) is 4.12. The molecule has 0 amide bonds. The minimum Gasteiger partial charge on any atom is -0.493 e. The van der Waals surface area contributed by atoms with Crippen molar-refractivity contribution in [2.45, 2.75) is 32.9 Å². The van der Waals surface area contributed by atoms with E-state index in [4.69, 9.17) is 4.74 Å². The lowest BCUT2D eigenvalue weighted by Gasteiger charge is -2.40. The second-order valence-electron chi connectivity index (χ2n) is 6.65. The van der Waals surface area contributed by atoms with Gasteiger partial charge < -0.3 is 9.64 Å². The Morgan fingerprint density at radius 1 is 1.27 bits per heavy atom. The molecule has 1 aliphatic rings. The van der Waals surface area contributed by atoms with Crippen LogP contribution in [-0.2, 0) is 0 Å². The summed E-state index contributed by atoms with van der Waals surface area (Å²) in [4.78, 5) is 4.61. The van der Waals surface area contributed by atoms with Crippen LogP contribution in [0.2, 0.25) is 0 Å². The number of hydrogen-bond donors (Lipinski definition) is 0. The first-order valence-electron chi connectivity index (χ1n) is 8.08. The first kappa shape index (κ1) is 16.8. The summed E-state index contributed by atoms with van der Waals surface area (Å²) in [6.45, 7) is 10.1. The summed E-state index contributed by atoms with van der Waals surface area (Å²) in [5.41, 5.74) is 1.05. The quantitative estimate of drug-likeness (QED) is 0.838. The fraction of sp³-hybridized carbons (Fsp3) is 0.611. The van der Waals surface area contributed by atoms with Gasteiger partial charge in [0.1, 0.15) is 11.8 Å². The van der Waals surface area contributed by atoms with Crippen molar-refractivity contribution in [2.75, 3.05) is 33.3 Å². The number of rotatable bonds is 5. The molecule has 0 spiro atoms. The minimum absolute atomic E-state index is 0.178. The molecule has 2 atom stereocenters. The Kier molecular flexibility index (Phi) is 5.82. The molecule has 2 unspecified atom stereocenters. The Morgan fingerprint density at radius 2 is 1.95 bits per heavy atom. The summed E-state index contributed by atoms with van der Waals surface area (Å²) in [6, 6.07) is 10.7. The van der Waals surface area contributed by atoms with Crippen LogP contribution in [0.25, 0.3) is 0 Å². The predicted octanol–water partition coefficient (Wildman–Crippen LogP) is 2.92. The molecule has 0 saturated carbocycles. The second-order valence-corrected chi connectivity index (χ2v) is 6.65. The van der Waals surface area contributed by atoms with Crippen molar-refractivity contribution in [1.29, 1.82) is 5.26 Å². The molecule has 0 aromatic heterocycles. The van der Waals surface area contributed by atoms with Crippen LogP contribution in [-0.4, -0.2) is 49.1 Å². The largest absolute Gasteiger partial charge is 0.493 e. The van der Waals surface area contributed by atoms with Gasteiger partial charge in [0, 0.05) is 25.7 Å². The minimum atomic E-state index is -0.178. The van der Waals surface area contributed by atoms with Gasteiger partial charge in [-0.25, -0.2) is 0 Å². The van der Waals surface area contributed by atoms with Crippen molar-refractivity contribution in [1.82, 2.24) is 9.80 Å². The molecule has 0 bridgehead atoms. The SMILES string of the molecule is CC(C)COc1ccc(C(C#N)N2CCN(C)CC2C)cc1. The number of ether oxygens (including phenoxy) is 1. The van der Waals surface area contributed by atoms with Gasteiger partial charge in [-0.1, -0.05) is 26.0 Å². The van der Waals surface area contributed by atoms with E-state index < -0.39 is 0 Å². The van der Waals surface area contributed by atoms with Crippen molar-refractivity contribution >= 4 is 0 Å². The molecule has 0 radical (unpaired) electrons. The van der Waals surface area contributed by atoms with Crippen LogP contribution < -0.4 is 4.74 Å². The lowest BCUT2D eigenvalue weighted by molar-refractivity contribution is 0.0796. The van der Waals surface area contributed by atoms with E-state index in [2.05, 4.69) is 43.7 Å². The molecule has 0 aliphatic carbocycles. The molecular weight excluding hydrogens is 274 g/mol. The van der Waals surface area contributed by atoms with Crippen molar-refractivity contribution < 1.29 is 4.74 Å². The van der Waals surface area contributed by atoms with Crippen LogP contribution in [0.1, 0.15) is 32.4 Å². The number of benzene rings is 1. The highest BCUT2D eigenvalue weighted by Gasteiger charge is 2.29.